The van der Waals surface area contributed by atoms with Gasteiger partial charge < -0.3 is 9.47 Å². The molecule has 0 spiro atoms. The predicted molar refractivity (Wildman–Crippen MR) is 121 cm³/mol. The smallest absolute Gasteiger partial charge is 0.338 e. The molecule has 2 aliphatic heterocycles. The molecule has 1 amide bonds. The number of carbonyl (C=O) groups is 3. The summed E-state index contributed by atoms with van der Waals surface area (Å²) in [5, 5.41) is 0.262. The summed E-state index contributed by atoms with van der Waals surface area (Å²) in [6.45, 7) is 5.01. The van der Waals surface area contributed by atoms with Crippen molar-refractivity contribution in [2.75, 3.05) is 0 Å². The minimum absolute atomic E-state index is 0.115. The van der Waals surface area contributed by atoms with Crippen molar-refractivity contribution < 1.29 is 23.9 Å². The fourth-order valence-electron chi connectivity index (χ4n) is 3.66. The lowest BCUT2D eigenvalue weighted by atomic mass is 9.94. The van der Waals surface area contributed by atoms with E-state index >= 15 is 0 Å². The van der Waals surface area contributed by atoms with E-state index in [9.17, 15) is 14.4 Å². The Balaban J connectivity index is 1.69. The summed E-state index contributed by atoms with van der Waals surface area (Å²) >= 11 is 1.37. The van der Waals surface area contributed by atoms with E-state index in [1.54, 1.807) is 36.1 Å². The van der Waals surface area contributed by atoms with Crippen LogP contribution in [0.3, 0.4) is 0 Å². The van der Waals surface area contributed by atoms with Crippen molar-refractivity contribution in [3.8, 4) is 5.75 Å². The lowest BCUT2D eigenvalue weighted by Gasteiger charge is -2.33. The SMILES string of the molecule is CC(=O)Oc1ccc([C@@H]2C(C(=O)OCc3ccccc3)=C(C)N=C3S[C@@H](C)C(=O)N32)cc1. The number of esters is 2. The van der Waals surface area contributed by atoms with Gasteiger partial charge in [0.1, 0.15) is 12.4 Å². The Labute approximate surface area is 190 Å². The van der Waals surface area contributed by atoms with Crippen LogP contribution in [0.25, 0.3) is 0 Å². The maximum absolute atomic E-state index is 13.2. The summed E-state index contributed by atoms with van der Waals surface area (Å²) in [6, 6.07) is 15.5. The van der Waals surface area contributed by atoms with Crippen molar-refractivity contribution >= 4 is 34.8 Å². The van der Waals surface area contributed by atoms with Gasteiger partial charge in [0.2, 0.25) is 5.91 Å². The Morgan fingerprint density at radius 3 is 2.44 bits per heavy atom. The number of hydrogen-bond acceptors (Lipinski definition) is 7. The second-order valence-electron chi connectivity index (χ2n) is 7.49. The van der Waals surface area contributed by atoms with Crippen molar-refractivity contribution in [1.29, 1.82) is 0 Å². The Hall–Kier alpha value is -3.39. The van der Waals surface area contributed by atoms with Crippen LogP contribution < -0.4 is 4.74 Å². The van der Waals surface area contributed by atoms with Gasteiger partial charge in [0.05, 0.1) is 22.6 Å². The topological polar surface area (TPSA) is 85.3 Å². The van der Waals surface area contributed by atoms with Crippen molar-refractivity contribution in [3.05, 3.63) is 77.0 Å². The van der Waals surface area contributed by atoms with Crippen LogP contribution in [0, 0.1) is 0 Å². The van der Waals surface area contributed by atoms with E-state index in [4.69, 9.17) is 9.47 Å². The summed E-state index contributed by atoms with van der Waals surface area (Å²) in [5.74, 6) is -0.690. The molecule has 2 aromatic rings. The lowest BCUT2D eigenvalue weighted by Crippen LogP contribution is -2.40. The lowest BCUT2D eigenvalue weighted by molar-refractivity contribution is -0.141. The molecule has 0 unspecified atom stereocenters. The Morgan fingerprint density at radius 1 is 1.09 bits per heavy atom. The van der Waals surface area contributed by atoms with Crippen LogP contribution in [0.4, 0.5) is 0 Å². The van der Waals surface area contributed by atoms with Crippen molar-refractivity contribution in [2.45, 2.75) is 38.7 Å². The van der Waals surface area contributed by atoms with Crippen molar-refractivity contribution in [3.63, 3.8) is 0 Å². The first kappa shape index (κ1) is 21.8. The third-order valence-electron chi connectivity index (χ3n) is 5.15. The standard InChI is InChI=1S/C24H22N2O5S/c1-14-20(23(29)30-13-17-7-5-4-6-8-17)21(26-22(28)15(2)32-24(26)25-14)18-9-11-19(12-10-18)31-16(3)27/h4-12,15,21H,13H2,1-3H3/t15-,21+/m0/s1. The molecule has 0 N–H and O–H groups in total. The van der Waals surface area contributed by atoms with Crippen molar-refractivity contribution in [2.24, 2.45) is 4.99 Å². The van der Waals surface area contributed by atoms with Crippen molar-refractivity contribution in [1.82, 2.24) is 4.90 Å². The van der Waals surface area contributed by atoms with Gasteiger partial charge in [-0.15, -0.1) is 0 Å². The van der Waals surface area contributed by atoms with Gasteiger partial charge in [-0.25, -0.2) is 9.79 Å². The monoisotopic (exact) mass is 450 g/mol. The van der Waals surface area contributed by atoms with E-state index in [1.807, 2.05) is 37.3 Å². The van der Waals surface area contributed by atoms with E-state index in [1.165, 1.54) is 18.7 Å². The van der Waals surface area contributed by atoms with Gasteiger partial charge in [-0.2, -0.15) is 0 Å². The molecule has 0 radical (unpaired) electrons. The number of allylic oxidation sites excluding steroid dienone is 1. The second kappa shape index (κ2) is 9.00. The number of fused-ring (bicyclic) bond motifs is 1. The van der Waals surface area contributed by atoms with Gasteiger partial charge in [0.15, 0.2) is 5.17 Å². The van der Waals surface area contributed by atoms with Gasteiger partial charge in [0, 0.05) is 6.92 Å². The van der Waals surface area contributed by atoms with Crippen LogP contribution in [-0.4, -0.2) is 33.2 Å². The summed E-state index contributed by atoms with van der Waals surface area (Å²) in [4.78, 5) is 43.5. The molecule has 1 saturated heterocycles. The molecular weight excluding hydrogens is 428 g/mol. The number of hydrogen-bond donors (Lipinski definition) is 0. The minimum Gasteiger partial charge on any atom is -0.457 e. The Bertz CT molecular complexity index is 1120. The number of thioether (sulfide) groups is 1. The molecule has 2 heterocycles. The Morgan fingerprint density at radius 2 is 1.78 bits per heavy atom. The minimum atomic E-state index is -0.679. The van der Waals surface area contributed by atoms with E-state index in [-0.39, 0.29) is 17.8 Å². The molecule has 0 bridgehead atoms. The quantitative estimate of drug-likeness (QED) is 0.506. The maximum atomic E-state index is 13.2. The van der Waals surface area contributed by atoms with E-state index in [0.717, 1.165) is 5.56 Å². The van der Waals surface area contributed by atoms with E-state index < -0.39 is 18.0 Å². The fraction of sp³-hybridized carbons (Fsp3) is 0.250. The van der Waals surface area contributed by atoms with Gasteiger partial charge in [-0.05, 0) is 37.1 Å². The third kappa shape index (κ3) is 4.31. The van der Waals surface area contributed by atoms with Crippen LogP contribution in [0.2, 0.25) is 0 Å². The molecule has 7 nitrogen and oxygen atoms in total. The third-order valence-corrected chi connectivity index (χ3v) is 6.20. The van der Waals surface area contributed by atoms with Crippen LogP contribution >= 0.6 is 11.8 Å². The number of amidine groups is 1. The molecule has 0 aliphatic carbocycles. The Kier molecular flexibility index (Phi) is 6.14. The van der Waals surface area contributed by atoms with Gasteiger partial charge in [-0.3, -0.25) is 14.5 Å². The first-order chi connectivity index (χ1) is 15.3. The molecule has 0 saturated carbocycles. The average Bonchev–Trinajstić information content (AvgIpc) is 3.05. The number of nitrogens with zero attached hydrogens (tertiary/aromatic N) is 2. The van der Waals surface area contributed by atoms with Crippen LogP contribution in [0.5, 0.6) is 5.75 Å². The highest BCUT2D eigenvalue weighted by Gasteiger charge is 2.46. The number of rotatable bonds is 5. The highest BCUT2D eigenvalue weighted by Crippen LogP contribution is 2.43. The van der Waals surface area contributed by atoms with Crippen LogP contribution in [-0.2, 0) is 25.7 Å². The molecule has 32 heavy (non-hydrogen) atoms. The normalized spacial score (nSPS) is 20.0. The van der Waals surface area contributed by atoms with Gasteiger partial charge in [-0.1, -0.05) is 54.2 Å². The van der Waals surface area contributed by atoms with Gasteiger partial charge >= 0.3 is 11.9 Å². The predicted octanol–water partition coefficient (Wildman–Crippen LogP) is 4.00. The second-order valence-corrected chi connectivity index (χ2v) is 8.80. The molecule has 2 aliphatic rings. The van der Waals surface area contributed by atoms with Crippen LogP contribution in [0.15, 0.2) is 70.9 Å². The number of ether oxygens (including phenoxy) is 2. The number of aliphatic imine (C=N–C) groups is 1. The molecule has 2 aromatic carbocycles. The fourth-order valence-corrected chi connectivity index (χ4v) is 4.69. The largest absolute Gasteiger partial charge is 0.457 e. The summed E-state index contributed by atoms with van der Waals surface area (Å²) in [6.07, 6.45) is 0. The average molecular weight is 451 g/mol. The van der Waals surface area contributed by atoms with E-state index in [2.05, 4.69) is 4.99 Å². The molecule has 0 aromatic heterocycles. The summed E-state index contributed by atoms with van der Waals surface area (Å²) in [7, 11) is 0. The highest BCUT2D eigenvalue weighted by molar-refractivity contribution is 8.15. The molecule has 164 valence electrons. The summed E-state index contributed by atoms with van der Waals surface area (Å²) < 4.78 is 10.7. The maximum Gasteiger partial charge on any atom is 0.338 e. The number of benzene rings is 2. The zero-order valence-corrected chi connectivity index (χ0v) is 18.7. The summed E-state index contributed by atoms with van der Waals surface area (Å²) in [5.41, 5.74) is 2.39. The first-order valence-corrected chi connectivity index (χ1v) is 11.0. The van der Waals surface area contributed by atoms with Gasteiger partial charge in [0.25, 0.3) is 0 Å². The molecular formula is C24H22N2O5S. The zero-order valence-electron chi connectivity index (χ0n) is 17.9. The molecule has 8 heteroatoms. The molecule has 1 fully saturated rings. The number of amides is 1. The first-order valence-electron chi connectivity index (χ1n) is 10.1. The van der Waals surface area contributed by atoms with E-state index in [0.29, 0.717) is 27.8 Å². The number of carbonyl (C=O) groups excluding carboxylic acids is 3. The molecule has 4 rings (SSSR count). The van der Waals surface area contributed by atoms with Crippen LogP contribution in [0.1, 0.15) is 37.9 Å². The molecule has 2 atom stereocenters. The highest BCUT2D eigenvalue weighted by atomic mass is 32.2. The zero-order chi connectivity index (χ0) is 22.8.